The van der Waals surface area contributed by atoms with Crippen LogP contribution in [0.1, 0.15) is 119 Å². The molecule has 14 nitrogen and oxygen atoms in total. The number of hydrogen-bond donors (Lipinski definition) is 0. The molecule has 1 aliphatic heterocycles. The minimum atomic E-state index is -0.800. The lowest BCUT2D eigenvalue weighted by Gasteiger charge is -2.27. The summed E-state index contributed by atoms with van der Waals surface area (Å²) in [4.78, 5) is 60.4. The second-order valence-electron chi connectivity index (χ2n) is 14.5. The van der Waals surface area contributed by atoms with Crippen LogP contribution < -0.4 is 18.9 Å². The molecule has 0 aromatic heterocycles. The number of esters is 5. The zero-order valence-corrected chi connectivity index (χ0v) is 36.3. The molecule has 0 N–H and O–H groups in total. The smallest absolute Gasteiger partial charge is 0.385 e. The standard InChI is InChI=1S/C48H62O14/c1-5-44(49)57-30-18-14-9-7-8-10-16-20-32-59-48(53)41-27-25-39(35-60-41)61-46(51)28-26-40-42(54-3)33-36(34-43(40)55-4)47(52)62-38-23-21-37(22-24-38)56-29-17-13-11-12-15-19-31-58-45(50)6-2/h5-6,21-24,33-34,39,41H,1-2,7-20,25,27,29-32,35H2,3-4H3. The fourth-order valence-electron chi connectivity index (χ4n) is 6.32. The fourth-order valence-corrected chi connectivity index (χ4v) is 6.32. The molecule has 2 aromatic carbocycles. The molecule has 1 heterocycles. The highest BCUT2D eigenvalue weighted by Crippen LogP contribution is 2.31. The Bertz CT molecular complexity index is 1760. The molecule has 1 fully saturated rings. The minimum absolute atomic E-state index is 0.0321. The van der Waals surface area contributed by atoms with E-state index in [9.17, 15) is 24.0 Å². The first kappa shape index (κ1) is 50.5. The van der Waals surface area contributed by atoms with E-state index >= 15 is 0 Å². The molecule has 62 heavy (non-hydrogen) atoms. The normalized spacial score (nSPS) is 14.2. The highest BCUT2D eigenvalue weighted by molar-refractivity contribution is 5.93. The van der Waals surface area contributed by atoms with Crippen LogP contribution in [0.15, 0.2) is 61.7 Å². The van der Waals surface area contributed by atoms with E-state index in [0.717, 1.165) is 89.9 Å². The lowest BCUT2D eigenvalue weighted by Crippen LogP contribution is -2.37. The third-order valence-corrected chi connectivity index (χ3v) is 9.75. The molecular weight excluding hydrogens is 801 g/mol. The summed E-state index contributed by atoms with van der Waals surface area (Å²) >= 11 is 0. The van der Waals surface area contributed by atoms with E-state index in [2.05, 4.69) is 25.0 Å². The van der Waals surface area contributed by atoms with Crippen molar-refractivity contribution in [2.45, 2.75) is 115 Å². The molecule has 2 aromatic rings. The van der Waals surface area contributed by atoms with E-state index in [-0.39, 0.29) is 35.2 Å². The predicted molar refractivity (Wildman–Crippen MR) is 230 cm³/mol. The Morgan fingerprint density at radius 2 is 1.15 bits per heavy atom. The second kappa shape index (κ2) is 30.3. The maximum Gasteiger partial charge on any atom is 0.385 e. The van der Waals surface area contributed by atoms with E-state index in [1.807, 2.05) is 0 Å². The third kappa shape index (κ3) is 20.2. The van der Waals surface area contributed by atoms with Crippen LogP contribution in [-0.2, 0) is 42.9 Å². The highest BCUT2D eigenvalue weighted by Gasteiger charge is 2.30. The first-order chi connectivity index (χ1) is 30.2. The van der Waals surface area contributed by atoms with Gasteiger partial charge in [-0.25, -0.2) is 24.0 Å². The third-order valence-electron chi connectivity index (χ3n) is 9.75. The van der Waals surface area contributed by atoms with Gasteiger partial charge < -0.3 is 42.6 Å². The van der Waals surface area contributed by atoms with Crippen molar-refractivity contribution in [3.05, 3.63) is 72.8 Å². The maximum atomic E-state index is 13.1. The van der Waals surface area contributed by atoms with Crippen molar-refractivity contribution in [3.63, 3.8) is 0 Å². The number of methoxy groups -OCH3 is 2. The van der Waals surface area contributed by atoms with Crippen molar-refractivity contribution in [3.8, 4) is 34.8 Å². The Balaban J connectivity index is 1.34. The maximum absolute atomic E-state index is 13.1. The van der Waals surface area contributed by atoms with Gasteiger partial charge in [0, 0.05) is 18.1 Å². The fraction of sp³-hybridized carbons (Fsp3) is 0.521. The second-order valence-corrected chi connectivity index (χ2v) is 14.5. The Morgan fingerprint density at radius 1 is 0.661 bits per heavy atom. The summed E-state index contributed by atoms with van der Waals surface area (Å²) in [6, 6.07) is 9.63. The summed E-state index contributed by atoms with van der Waals surface area (Å²) in [5.41, 5.74) is 0.377. The minimum Gasteiger partial charge on any atom is -0.495 e. The van der Waals surface area contributed by atoms with Crippen molar-refractivity contribution >= 4 is 29.8 Å². The Hall–Kier alpha value is -5.81. The molecule has 3 rings (SSSR count). The van der Waals surface area contributed by atoms with E-state index in [0.29, 0.717) is 50.8 Å². The van der Waals surface area contributed by atoms with Gasteiger partial charge in [0.25, 0.3) is 0 Å². The molecule has 1 aliphatic rings. The molecule has 1 saturated heterocycles. The Labute approximate surface area is 365 Å². The summed E-state index contributed by atoms with van der Waals surface area (Å²) in [7, 11) is 2.80. The molecule has 0 spiro atoms. The molecule has 2 unspecified atom stereocenters. The van der Waals surface area contributed by atoms with Crippen LogP contribution in [-0.4, -0.2) is 89.3 Å². The van der Waals surface area contributed by atoms with Crippen LogP contribution in [0.2, 0.25) is 0 Å². The molecule has 2 atom stereocenters. The molecule has 0 bridgehead atoms. The summed E-state index contributed by atoms with van der Waals surface area (Å²) in [6.45, 7) is 8.50. The molecule has 14 heteroatoms. The summed E-state index contributed by atoms with van der Waals surface area (Å²) in [6.07, 6.45) is 15.6. The summed E-state index contributed by atoms with van der Waals surface area (Å²) in [5.74, 6) is 3.87. The van der Waals surface area contributed by atoms with E-state index in [1.54, 1.807) is 24.3 Å². The zero-order valence-electron chi connectivity index (χ0n) is 36.3. The number of unbranched alkanes of at least 4 members (excludes halogenated alkanes) is 12. The molecular formula is C48H62O14. The Morgan fingerprint density at radius 3 is 1.63 bits per heavy atom. The van der Waals surface area contributed by atoms with Gasteiger partial charge in [0.2, 0.25) is 0 Å². The van der Waals surface area contributed by atoms with Crippen LogP contribution in [0, 0.1) is 11.8 Å². The first-order valence-electron chi connectivity index (χ1n) is 21.5. The van der Waals surface area contributed by atoms with Crippen molar-refractivity contribution in [1.82, 2.24) is 0 Å². The van der Waals surface area contributed by atoms with E-state index in [1.165, 1.54) is 38.5 Å². The average molecular weight is 863 g/mol. The molecule has 0 aliphatic carbocycles. The zero-order chi connectivity index (χ0) is 44.8. The number of rotatable bonds is 29. The molecule has 0 radical (unpaired) electrons. The average Bonchev–Trinajstić information content (AvgIpc) is 3.29. The SMILES string of the molecule is C=CC(=O)OCCCCCCCCCCOC(=O)C1CCC(OC(=O)C#Cc2c(OC)cc(C(=O)Oc3ccc(OCCCCCCCCOC(=O)C=C)cc3)cc2OC)CO1. The number of ether oxygens (including phenoxy) is 9. The van der Waals surface area contributed by atoms with Crippen LogP contribution in [0.3, 0.4) is 0 Å². The van der Waals surface area contributed by atoms with Gasteiger partial charge in [-0.2, -0.15) is 0 Å². The lowest BCUT2D eigenvalue weighted by molar-refractivity contribution is -0.169. The van der Waals surface area contributed by atoms with Crippen molar-refractivity contribution in [1.29, 1.82) is 0 Å². The van der Waals surface area contributed by atoms with Crippen LogP contribution in [0.4, 0.5) is 0 Å². The number of carbonyl (C=O) groups is 5. The van der Waals surface area contributed by atoms with Gasteiger partial charge in [0.1, 0.15) is 34.7 Å². The van der Waals surface area contributed by atoms with Crippen LogP contribution >= 0.6 is 0 Å². The quantitative estimate of drug-likeness (QED) is 0.0192. The predicted octanol–water partition coefficient (Wildman–Crippen LogP) is 8.21. The topological polar surface area (TPSA) is 168 Å². The number of hydrogen-bond acceptors (Lipinski definition) is 14. The van der Waals surface area contributed by atoms with Gasteiger partial charge >= 0.3 is 29.8 Å². The van der Waals surface area contributed by atoms with Crippen LogP contribution in [0.5, 0.6) is 23.0 Å². The number of carbonyl (C=O) groups excluding carboxylic acids is 5. The van der Waals surface area contributed by atoms with Gasteiger partial charge in [0.15, 0.2) is 6.10 Å². The first-order valence-corrected chi connectivity index (χ1v) is 21.5. The van der Waals surface area contributed by atoms with E-state index < -0.39 is 36.1 Å². The highest BCUT2D eigenvalue weighted by atomic mass is 16.6. The van der Waals surface area contributed by atoms with Gasteiger partial charge in [-0.05, 0) is 80.8 Å². The summed E-state index contributed by atoms with van der Waals surface area (Å²) in [5, 5.41) is 0. The van der Waals surface area contributed by atoms with E-state index in [4.69, 9.17) is 42.6 Å². The molecule has 338 valence electrons. The largest absolute Gasteiger partial charge is 0.495 e. The summed E-state index contributed by atoms with van der Waals surface area (Å²) < 4.78 is 48.9. The van der Waals surface area contributed by atoms with Crippen LogP contribution in [0.25, 0.3) is 0 Å². The van der Waals surface area contributed by atoms with Crippen molar-refractivity contribution < 1.29 is 66.6 Å². The van der Waals surface area contributed by atoms with Crippen molar-refractivity contribution in [2.24, 2.45) is 0 Å². The van der Waals surface area contributed by atoms with Gasteiger partial charge in [0.05, 0.1) is 52.8 Å². The monoisotopic (exact) mass is 862 g/mol. The van der Waals surface area contributed by atoms with Gasteiger partial charge in [-0.15, -0.1) is 0 Å². The Kier molecular flexibility index (Phi) is 24.7. The molecule has 0 saturated carbocycles. The lowest BCUT2D eigenvalue weighted by atomic mass is 10.1. The van der Waals surface area contributed by atoms with Crippen molar-refractivity contribution in [2.75, 3.05) is 47.3 Å². The van der Waals surface area contributed by atoms with Gasteiger partial charge in [-0.3, -0.25) is 0 Å². The number of benzene rings is 2. The van der Waals surface area contributed by atoms with Gasteiger partial charge in [-0.1, -0.05) is 77.4 Å². The molecule has 0 amide bonds.